The number of ether oxygens (including phenoxy) is 2. The molecule has 0 unspecified atom stereocenters. The largest absolute Gasteiger partial charge is 0.379 e. The first-order valence-corrected chi connectivity index (χ1v) is 14.8. The maximum atomic E-state index is 6.81. The molecule has 0 N–H and O–H groups in total. The first-order chi connectivity index (χ1) is 16.3. The lowest BCUT2D eigenvalue weighted by atomic mass is 9.94. The number of hydrogen-bond donors (Lipinski definition) is 0. The van der Waals surface area contributed by atoms with Crippen molar-refractivity contribution in [3.63, 3.8) is 0 Å². The number of rotatable bonds is 5. The van der Waals surface area contributed by atoms with Gasteiger partial charge in [0.2, 0.25) is 0 Å². The van der Waals surface area contributed by atoms with Crippen molar-refractivity contribution in [2.75, 3.05) is 52.6 Å². The summed E-state index contributed by atoms with van der Waals surface area (Å²) in [6.07, 6.45) is 3.57. The molecule has 6 heteroatoms. The van der Waals surface area contributed by atoms with Crippen LogP contribution in [-0.2, 0) is 21.3 Å². The van der Waals surface area contributed by atoms with Gasteiger partial charge < -0.3 is 14.4 Å². The second-order valence-electron chi connectivity index (χ2n) is 8.81. The summed E-state index contributed by atoms with van der Waals surface area (Å²) < 4.78 is 14.1. The Morgan fingerprint density at radius 1 is 0.758 bits per heavy atom. The number of morpholine rings is 2. The molecule has 2 heterocycles. The summed E-state index contributed by atoms with van der Waals surface area (Å²) >= 11 is 6.81. The Balaban J connectivity index is 1.70. The van der Waals surface area contributed by atoms with Crippen LogP contribution in [0.2, 0.25) is 0 Å². The van der Waals surface area contributed by atoms with Gasteiger partial charge in [-0.15, -0.1) is 0 Å². The molecule has 0 saturated carbocycles. The van der Waals surface area contributed by atoms with E-state index in [1.165, 1.54) is 27.5 Å². The maximum absolute atomic E-state index is 6.81. The van der Waals surface area contributed by atoms with Crippen molar-refractivity contribution in [1.29, 1.82) is 0 Å². The predicted molar refractivity (Wildman–Crippen MR) is 140 cm³/mol. The van der Waals surface area contributed by atoms with Gasteiger partial charge in [-0.1, -0.05) is 72.5 Å². The fraction of sp³-hybridized carbons (Fsp3) is 0.407. The molecule has 0 radical (unpaired) electrons. The quantitative estimate of drug-likeness (QED) is 0.570. The van der Waals surface area contributed by atoms with Crippen LogP contribution in [0.1, 0.15) is 24.8 Å². The van der Waals surface area contributed by atoms with Crippen molar-refractivity contribution in [3.05, 3.63) is 82.8 Å². The minimum absolute atomic E-state index is 0.762. The highest BCUT2D eigenvalue weighted by Crippen LogP contribution is 2.61. The van der Waals surface area contributed by atoms with Crippen LogP contribution in [0.15, 0.2) is 77.2 Å². The third kappa shape index (κ3) is 4.89. The lowest BCUT2D eigenvalue weighted by Gasteiger charge is -2.44. The molecule has 0 aromatic heterocycles. The van der Waals surface area contributed by atoms with E-state index in [1.807, 2.05) is 0 Å². The third-order valence-electron chi connectivity index (χ3n) is 6.76. The third-order valence-corrected chi connectivity index (χ3v) is 12.1. The zero-order chi connectivity index (χ0) is 22.5. The van der Waals surface area contributed by atoms with Gasteiger partial charge in [-0.05, 0) is 36.5 Å². The molecule has 2 aromatic rings. The number of benzene rings is 2. The van der Waals surface area contributed by atoms with Gasteiger partial charge in [0.15, 0.2) is 0 Å². The van der Waals surface area contributed by atoms with Crippen LogP contribution in [0.25, 0.3) is 6.08 Å². The molecule has 0 amide bonds. The first kappa shape index (κ1) is 23.0. The van der Waals surface area contributed by atoms with Crippen LogP contribution in [0.5, 0.6) is 0 Å². The topological polar surface area (TPSA) is 24.9 Å². The highest BCUT2D eigenvalue weighted by Gasteiger charge is 2.38. The monoisotopic (exact) mass is 480 g/mol. The normalized spacial score (nSPS) is 23.5. The molecule has 1 atom stereocenters. The number of allylic oxidation sites excluding steroid dienone is 2. The summed E-state index contributed by atoms with van der Waals surface area (Å²) in [5.74, 6) is 0. The van der Waals surface area contributed by atoms with E-state index in [2.05, 4.69) is 76.3 Å². The molecular formula is C27H33N2O2PS. The Morgan fingerprint density at radius 2 is 1.36 bits per heavy atom. The zero-order valence-corrected chi connectivity index (χ0v) is 20.9. The standard InChI is InChI=1S/C27H33N2O2PS/c33-32(25-11-5-2-6-12-25,29-16-20-31-21-17-29)26-13-7-10-24(22-23-8-3-1-4-9-23)27(26)28-14-18-30-19-15-28/h1-6,8-9,11-12,22H,7,10,13-21H2/b24-22+/t32-/m1/s1. The van der Waals surface area contributed by atoms with Gasteiger partial charge in [0.25, 0.3) is 0 Å². The van der Waals surface area contributed by atoms with Crippen molar-refractivity contribution in [2.45, 2.75) is 19.3 Å². The lowest BCUT2D eigenvalue weighted by molar-refractivity contribution is 0.0539. The fourth-order valence-corrected chi connectivity index (χ4v) is 9.89. The molecular weight excluding hydrogens is 447 g/mol. The van der Waals surface area contributed by atoms with Gasteiger partial charge in [0, 0.05) is 42.5 Å². The van der Waals surface area contributed by atoms with Crippen molar-refractivity contribution in [3.8, 4) is 0 Å². The van der Waals surface area contributed by atoms with E-state index in [1.54, 1.807) is 0 Å². The second kappa shape index (κ2) is 10.7. The average molecular weight is 481 g/mol. The van der Waals surface area contributed by atoms with Gasteiger partial charge in [-0.3, -0.25) is 4.67 Å². The minimum atomic E-state index is -2.14. The Bertz CT molecular complexity index is 1040. The van der Waals surface area contributed by atoms with E-state index < -0.39 is 6.19 Å². The summed E-state index contributed by atoms with van der Waals surface area (Å²) in [5.41, 5.74) is 4.11. The highest BCUT2D eigenvalue weighted by molar-refractivity contribution is 8.19. The Kier molecular flexibility index (Phi) is 7.44. The molecule has 3 aliphatic rings. The van der Waals surface area contributed by atoms with Gasteiger partial charge >= 0.3 is 0 Å². The first-order valence-electron chi connectivity index (χ1n) is 12.1. The van der Waals surface area contributed by atoms with Crippen molar-refractivity contribution in [2.24, 2.45) is 0 Å². The average Bonchev–Trinajstić information content (AvgIpc) is 2.90. The molecule has 174 valence electrons. The van der Waals surface area contributed by atoms with Gasteiger partial charge in [-0.2, -0.15) is 0 Å². The van der Waals surface area contributed by atoms with Gasteiger partial charge in [0.1, 0.15) is 0 Å². The summed E-state index contributed by atoms with van der Waals surface area (Å²) in [7, 11) is 0. The molecule has 0 bridgehead atoms. The number of hydrogen-bond acceptors (Lipinski definition) is 4. The van der Waals surface area contributed by atoms with E-state index in [0.29, 0.717) is 0 Å². The number of nitrogens with zero attached hydrogens (tertiary/aromatic N) is 2. The lowest BCUT2D eigenvalue weighted by Crippen LogP contribution is -2.40. The van der Waals surface area contributed by atoms with Gasteiger partial charge in [-0.25, -0.2) is 0 Å². The van der Waals surface area contributed by atoms with Crippen LogP contribution in [0.4, 0.5) is 0 Å². The Labute approximate surface area is 202 Å². The van der Waals surface area contributed by atoms with E-state index >= 15 is 0 Å². The van der Waals surface area contributed by atoms with E-state index in [-0.39, 0.29) is 0 Å². The molecule has 2 aliphatic heterocycles. The molecule has 5 rings (SSSR count). The van der Waals surface area contributed by atoms with Crippen LogP contribution in [0, 0.1) is 0 Å². The minimum Gasteiger partial charge on any atom is -0.379 e. The summed E-state index contributed by atoms with van der Waals surface area (Å²) in [6.45, 7) is 6.75. The molecule has 0 spiro atoms. The Morgan fingerprint density at radius 3 is 2.03 bits per heavy atom. The molecule has 2 fully saturated rings. The molecule has 2 aromatic carbocycles. The zero-order valence-electron chi connectivity index (χ0n) is 19.2. The van der Waals surface area contributed by atoms with Crippen molar-refractivity contribution in [1.82, 2.24) is 9.57 Å². The fourth-order valence-electron chi connectivity index (χ4n) is 5.18. The Hall–Kier alpha value is -1.75. The van der Waals surface area contributed by atoms with Crippen LogP contribution in [-0.4, -0.2) is 62.2 Å². The summed E-state index contributed by atoms with van der Waals surface area (Å²) in [6, 6.07) is 21.6. The van der Waals surface area contributed by atoms with E-state index in [9.17, 15) is 0 Å². The van der Waals surface area contributed by atoms with Crippen LogP contribution in [0.3, 0.4) is 0 Å². The summed E-state index contributed by atoms with van der Waals surface area (Å²) in [4.78, 5) is 2.57. The smallest absolute Gasteiger partial charge is 0.0692 e. The maximum Gasteiger partial charge on any atom is 0.0692 e. The molecule has 2 saturated heterocycles. The van der Waals surface area contributed by atoms with E-state index in [0.717, 1.165) is 71.9 Å². The summed E-state index contributed by atoms with van der Waals surface area (Å²) in [5, 5.41) is 2.80. The van der Waals surface area contributed by atoms with E-state index in [4.69, 9.17) is 21.3 Å². The van der Waals surface area contributed by atoms with Crippen LogP contribution < -0.4 is 5.30 Å². The molecule has 4 nitrogen and oxygen atoms in total. The SMILES string of the molecule is S=[P@@](C1=C(N2CCOCC2)/C(=C/c2ccccc2)CCC1)(c1ccccc1)N1CCOCC1. The molecule has 1 aliphatic carbocycles. The van der Waals surface area contributed by atoms with Gasteiger partial charge in [0.05, 0.1) is 32.6 Å². The van der Waals surface area contributed by atoms with Crippen molar-refractivity contribution >= 4 is 29.4 Å². The second-order valence-corrected chi connectivity index (χ2v) is 13.2. The predicted octanol–water partition coefficient (Wildman–Crippen LogP) is 4.85. The highest BCUT2D eigenvalue weighted by atomic mass is 32.4. The van der Waals surface area contributed by atoms with Crippen LogP contribution >= 0.6 is 6.19 Å². The molecule has 33 heavy (non-hydrogen) atoms. The van der Waals surface area contributed by atoms with Crippen molar-refractivity contribution < 1.29 is 9.47 Å².